The van der Waals surface area contributed by atoms with Gasteiger partial charge in [-0.15, -0.1) is 0 Å². The van der Waals surface area contributed by atoms with Crippen LogP contribution >= 0.6 is 0 Å². The van der Waals surface area contributed by atoms with Gasteiger partial charge < -0.3 is 9.30 Å². The third kappa shape index (κ3) is 2.82. The first-order chi connectivity index (χ1) is 7.74. The van der Waals surface area contributed by atoms with Gasteiger partial charge in [0.05, 0.1) is 12.9 Å². The molecule has 16 heavy (non-hydrogen) atoms. The Labute approximate surface area is 93.5 Å². The maximum absolute atomic E-state index is 12.7. The fourth-order valence-corrected chi connectivity index (χ4v) is 1.47. The predicted molar refractivity (Wildman–Crippen MR) is 58.7 cm³/mol. The van der Waals surface area contributed by atoms with Gasteiger partial charge in [-0.1, -0.05) is 0 Å². The summed E-state index contributed by atoms with van der Waals surface area (Å²) < 4.78 is 20.2. The fraction of sp³-hybridized carbons (Fsp3) is 0.250. The molecule has 2 aromatic rings. The zero-order valence-corrected chi connectivity index (χ0v) is 9.01. The van der Waals surface area contributed by atoms with E-state index in [0.717, 1.165) is 6.54 Å². The van der Waals surface area contributed by atoms with Crippen molar-refractivity contribution >= 4 is 0 Å². The van der Waals surface area contributed by atoms with Gasteiger partial charge in [-0.05, 0) is 31.2 Å². The van der Waals surface area contributed by atoms with Crippen molar-refractivity contribution in [1.29, 1.82) is 0 Å². The molecule has 1 atom stereocenters. The number of nitrogens with zero attached hydrogens (tertiary/aromatic N) is 2. The van der Waals surface area contributed by atoms with E-state index in [0.29, 0.717) is 5.75 Å². The molecule has 0 spiro atoms. The Balaban J connectivity index is 1.92. The molecule has 4 heteroatoms. The molecule has 1 aromatic heterocycles. The Morgan fingerprint density at radius 1 is 1.38 bits per heavy atom. The van der Waals surface area contributed by atoms with Crippen LogP contribution in [0.5, 0.6) is 5.75 Å². The van der Waals surface area contributed by atoms with Crippen LogP contribution in [0.3, 0.4) is 0 Å². The summed E-state index contributed by atoms with van der Waals surface area (Å²) in [7, 11) is 0. The highest BCUT2D eigenvalue weighted by atomic mass is 19.1. The van der Waals surface area contributed by atoms with E-state index < -0.39 is 0 Å². The van der Waals surface area contributed by atoms with Crippen LogP contribution in [0.2, 0.25) is 0 Å². The van der Waals surface area contributed by atoms with Crippen LogP contribution in [0.4, 0.5) is 4.39 Å². The lowest BCUT2D eigenvalue weighted by Gasteiger charge is -2.14. The normalized spacial score (nSPS) is 12.4. The standard InChI is InChI=1S/C12H13FN2O/c1-10(8-15-7-6-14-9-15)16-12-4-2-11(13)3-5-12/h2-7,9-10H,8H2,1H3. The van der Waals surface area contributed by atoms with Crippen molar-refractivity contribution in [2.75, 3.05) is 0 Å². The summed E-state index contributed by atoms with van der Waals surface area (Å²) in [6, 6.07) is 6.03. The lowest BCUT2D eigenvalue weighted by atomic mass is 10.3. The molecule has 0 aliphatic heterocycles. The predicted octanol–water partition coefficient (Wildman–Crippen LogP) is 2.49. The molecule has 0 fully saturated rings. The van der Waals surface area contributed by atoms with Gasteiger partial charge >= 0.3 is 0 Å². The summed E-state index contributed by atoms with van der Waals surface area (Å²) in [5.74, 6) is 0.420. The third-order valence-electron chi connectivity index (χ3n) is 2.18. The molecule has 1 heterocycles. The highest BCUT2D eigenvalue weighted by molar-refractivity contribution is 5.22. The van der Waals surface area contributed by atoms with Gasteiger partial charge in [0.15, 0.2) is 0 Å². The molecule has 0 saturated heterocycles. The highest BCUT2D eigenvalue weighted by Gasteiger charge is 2.04. The SMILES string of the molecule is CC(Cn1ccnc1)Oc1ccc(F)cc1. The van der Waals surface area contributed by atoms with Crippen LogP contribution in [0.15, 0.2) is 43.0 Å². The average Bonchev–Trinajstić information content (AvgIpc) is 2.74. The van der Waals surface area contributed by atoms with E-state index in [4.69, 9.17) is 4.74 Å². The maximum atomic E-state index is 12.7. The molecule has 0 bridgehead atoms. The molecule has 0 radical (unpaired) electrons. The van der Waals surface area contributed by atoms with E-state index in [1.807, 2.05) is 17.7 Å². The van der Waals surface area contributed by atoms with E-state index in [2.05, 4.69) is 4.98 Å². The Morgan fingerprint density at radius 2 is 2.12 bits per heavy atom. The lowest BCUT2D eigenvalue weighted by Crippen LogP contribution is -2.18. The van der Waals surface area contributed by atoms with Gasteiger partial charge in [-0.25, -0.2) is 9.37 Å². The van der Waals surface area contributed by atoms with Gasteiger partial charge in [-0.3, -0.25) is 0 Å². The largest absolute Gasteiger partial charge is 0.489 e. The molecule has 3 nitrogen and oxygen atoms in total. The zero-order valence-electron chi connectivity index (χ0n) is 9.01. The van der Waals surface area contributed by atoms with Gasteiger partial charge in [0.25, 0.3) is 0 Å². The molecule has 84 valence electrons. The first-order valence-electron chi connectivity index (χ1n) is 5.12. The van der Waals surface area contributed by atoms with Crippen LogP contribution in [-0.4, -0.2) is 15.7 Å². The summed E-state index contributed by atoms with van der Waals surface area (Å²) in [5, 5.41) is 0. The third-order valence-corrected chi connectivity index (χ3v) is 2.18. The van der Waals surface area contributed by atoms with Gasteiger partial charge in [0, 0.05) is 12.4 Å². The van der Waals surface area contributed by atoms with Crippen molar-refractivity contribution in [2.45, 2.75) is 19.6 Å². The number of rotatable bonds is 4. The second kappa shape index (κ2) is 4.79. The summed E-state index contributed by atoms with van der Waals surface area (Å²) in [5.41, 5.74) is 0. The Morgan fingerprint density at radius 3 is 2.75 bits per heavy atom. The second-order valence-corrected chi connectivity index (χ2v) is 3.64. The zero-order chi connectivity index (χ0) is 11.4. The Kier molecular flexibility index (Phi) is 3.19. The van der Waals surface area contributed by atoms with Crippen LogP contribution in [-0.2, 0) is 6.54 Å². The lowest BCUT2D eigenvalue weighted by molar-refractivity contribution is 0.199. The van der Waals surface area contributed by atoms with Crippen LogP contribution in [0.25, 0.3) is 0 Å². The van der Waals surface area contributed by atoms with Gasteiger partial charge in [0.2, 0.25) is 0 Å². The molecule has 2 rings (SSSR count). The number of benzene rings is 1. The number of ether oxygens (including phenoxy) is 1. The number of imidazole rings is 1. The van der Waals surface area contributed by atoms with Crippen molar-refractivity contribution in [3.8, 4) is 5.75 Å². The van der Waals surface area contributed by atoms with Crippen molar-refractivity contribution < 1.29 is 9.13 Å². The monoisotopic (exact) mass is 220 g/mol. The molecule has 0 aliphatic rings. The molecule has 0 saturated carbocycles. The topological polar surface area (TPSA) is 27.1 Å². The molecule has 0 aliphatic carbocycles. The highest BCUT2D eigenvalue weighted by Crippen LogP contribution is 2.13. The first-order valence-corrected chi connectivity index (χ1v) is 5.12. The van der Waals surface area contributed by atoms with Crippen molar-refractivity contribution in [3.05, 3.63) is 48.8 Å². The smallest absolute Gasteiger partial charge is 0.123 e. The molecule has 1 aromatic carbocycles. The molecular formula is C12H13FN2O. The van der Waals surface area contributed by atoms with E-state index in [1.54, 1.807) is 24.7 Å². The molecule has 1 unspecified atom stereocenters. The Hall–Kier alpha value is -1.84. The van der Waals surface area contributed by atoms with Crippen LogP contribution in [0.1, 0.15) is 6.92 Å². The van der Waals surface area contributed by atoms with Crippen molar-refractivity contribution in [2.24, 2.45) is 0 Å². The second-order valence-electron chi connectivity index (χ2n) is 3.64. The maximum Gasteiger partial charge on any atom is 0.123 e. The van der Waals surface area contributed by atoms with Crippen molar-refractivity contribution in [1.82, 2.24) is 9.55 Å². The minimum atomic E-state index is -0.255. The van der Waals surface area contributed by atoms with Gasteiger partial charge in [-0.2, -0.15) is 0 Å². The summed E-state index contributed by atoms with van der Waals surface area (Å²) in [4.78, 5) is 3.95. The first kappa shape index (κ1) is 10.7. The van der Waals surface area contributed by atoms with Crippen molar-refractivity contribution in [3.63, 3.8) is 0 Å². The van der Waals surface area contributed by atoms with Gasteiger partial charge in [0.1, 0.15) is 17.7 Å². The quantitative estimate of drug-likeness (QED) is 0.791. The summed E-state index contributed by atoms with van der Waals surface area (Å²) >= 11 is 0. The number of hydrogen-bond donors (Lipinski definition) is 0. The minimum Gasteiger partial charge on any atom is -0.489 e. The average molecular weight is 220 g/mol. The van der Waals surface area contributed by atoms with E-state index in [1.165, 1.54) is 12.1 Å². The minimum absolute atomic E-state index is 0.0136. The Bertz CT molecular complexity index is 425. The summed E-state index contributed by atoms with van der Waals surface area (Å²) in [6.07, 6.45) is 5.36. The summed E-state index contributed by atoms with van der Waals surface area (Å²) in [6.45, 7) is 2.68. The fourth-order valence-electron chi connectivity index (χ4n) is 1.47. The molecule has 0 N–H and O–H groups in total. The van der Waals surface area contributed by atoms with E-state index in [9.17, 15) is 4.39 Å². The number of hydrogen-bond acceptors (Lipinski definition) is 2. The van der Waals surface area contributed by atoms with E-state index in [-0.39, 0.29) is 11.9 Å². The number of aromatic nitrogens is 2. The van der Waals surface area contributed by atoms with Crippen LogP contribution < -0.4 is 4.74 Å². The van der Waals surface area contributed by atoms with Crippen LogP contribution in [0, 0.1) is 5.82 Å². The molecular weight excluding hydrogens is 207 g/mol. The molecule has 0 amide bonds. The number of halogens is 1. The van der Waals surface area contributed by atoms with E-state index >= 15 is 0 Å².